The molecule has 0 aliphatic heterocycles. The molecule has 0 amide bonds. The van der Waals surface area contributed by atoms with Crippen molar-refractivity contribution >= 4 is 5.97 Å². The van der Waals surface area contributed by atoms with E-state index in [9.17, 15) is 4.79 Å². The van der Waals surface area contributed by atoms with E-state index in [1.165, 1.54) is 128 Å². The van der Waals surface area contributed by atoms with E-state index in [0.29, 0.717) is 13.0 Å². The second kappa shape index (κ2) is 26.1. The van der Waals surface area contributed by atoms with Gasteiger partial charge in [-0.15, -0.1) is 0 Å². The van der Waals surface area contributed by atoms with Gasteiger partial charge in [-0.3, -0.25) is 4.79 Å². The first-order valence-electron chi connectivity index (χ1n) is 15.2. The molecule has 198 valence electrons. The maximum Gasteiger partial charge on any atom is 0.305 e. The molecule has 0 fully saturated rings. The Morgan fingerprint density at radius 1 is 0.455 bits per heavy atom. The average Bonchev–Trinajstić information content (AvgIpc) is 2.77. The van der Waals surface area contributed by atoms with E-state index < -0.39 is 0 Å². The van der Waals surface area contributed by atoms with Crippen LogP contribution in [0.5, 0.6) is 0 Å². The van der Waals surface area contributed by atoms with Gasteiger partial charge in [-0.25, -0.2) is 0 Å². The van der Waals surface area contributed by atoms with Crippen molar-refractivity contribution in [2.24, 2.45) is 11.8 Å². The molecule has 0 saturated heterocycles. The van der Waals surface area contributed by atoms with Crippen LogP contribution in [0, 0.1) is 11.8 Å². The minimum absolute atomic E-state index is 0.0202. The smallest absolute Gasteiger partial charge is 0.305 e. The highest BCUT2D eigenvalue weighted by atomic mass is 16.5. The van der Waals surface area contributed by atoms with Gasteiger partial charge < -0.3 is 4.74 Å². The van der Waals surface area contributed by atoms with Crippen molar-refractivity contribution in [3.63, 3.8) is 0 Å². The van der Waals surface area contributed by atoms with Gasteiger partial charge in [0.05, 0.1) is 6.61 Å². The largest absolute Gasteiger partial charge is 0.466 e. The van der Waals surface area contributed by atoms with E-state index in [2.05, 4.69) is 27.7 Å². The number of hydrogen-bond donors (Lipinski definition) is 0. The Hall–Kier alpha value is -0.530. The molecule has 0 aromatic rings. The zero-order chi connectivity index (χ0) is 24.4. The monoisotopic (exact) mass is 466 g/mol. The van der Waals surface area contributed by atoms with Crippen molar-refractivity contribution < 1.29 is 9.53 Å². The molecule has 0 saturated carbocycles. The molecular weight excluding hydrogens is 404 g/mol. The molecule has 0 aromatic heterocycles. The topological polar surface area (TPSA) is 26.3 Å². The first-order chi connectivity index (χ1) is 16.0. The highest BCUT2D eigenvalue weighted by Crippen LogP contribution is 2.15. The van der Waals surface area contributed by atoms with Crippen molar-refractivity contribution in [2.45, 2.75) is 175 Å². The molecule has 33 heavy (non-hydrogen) atoms. The standard InChI is InChI=1S/C31H62O2/c1-29(2)25-21-17-13-11-9-7-5-6-8-10-12-14-19-23-27-31(32)33-28-24-20-16-15-18-22-26-30(3)4/h29-30H,5-28H2,1-4H3. The SMILES string of the molecule is CC(C)CCCCCCCCCCCCCCCCC(=O)OCCCCCCCCC(C)C. The molecule has 2 heteroatoms. The summed E-state index contributed by atoms with van der Waals surface area (Å²) in [4.78, 5) is 11.8. The van der Waals surface area contributed by atoms with Crippen LogP contribution in [0.4, 0.5) is 0 Å². The van der Waals surface area contributed by atoms with E-state index in [0.717, 1.165) is 24.7 Å². The third kappa shape index (κ3) is 29.4. The van der Waals surface area contributed by atoms with Crippen molar-refractivity contribution in [1.29, 1.82) is 0 Å². The summed E-state index contributed by atoms with van der Waals surface area (Å²) in [5.41, 5.74) is 0. The van der Waals surface area contributed by atoms with Gasteiger partial charge in [-0.2, -0.15) is 0 Å². The molecule has 0 aliphatic carbocycles. The predicted molar refractivity (Wildman–Crippen MR) is 147 cm³/mol. The second-order valence-corrected chi connectivity index (χ2v) is 11.4. The average molecular weight is 467 g/mol. The fourth-order valence-corrected chi connectivity index (χ4v) is 4.56. The van der Waals surface area contributed by atoms with Crippen LogP contribution < -0.4 is 0 Å². The Morgan fingerprint density at radius 2 is 0.758 bits per heavy atom. The van der Waals surface area contributed by atoms with Crippen molar-refractivity contribution in [3.05, 3.63) is 0 Å². The number of rotatable bonds is 26. The number of unbranched alkanes of at least 4 members (excludes halogenated alkanes) is 18. The van der Waals surface area contributed by atoms with Gasteiger partial charge in [-0.05, 0) is 24.7 Å². The number of esters is 1. The Kier molecular flexibility index (Phi) is 25.7. The Bertz CT molecular complexity index is 388. The molecule has 0 bridgehead atoms. The molecule has 0 atom stereocenters. The zero-order valence-electron chi connectivity index (χ0n) is 23.4. The predicted octanol–water partition coefficient (Wildman–Crippen LogP) is 10.8. The summed E-state index contributed by atoms with van der Waals surface area (Å²) in [5.74, 6) is 1.73. The van der Waals surface area contributed by atoms with Crippen molar-refractivity contribution in [2.75, 3.05) is 6.61 Å². The first-order valence-corrected chi connectivity index (χ1v) is 15.2. The summed E-state index contributed by atoms with van der Waals surface area (Å²) in [7, 11) is 0. The van der Waals surface area contributed by atoms with Gasteiger partial charge in [0, 0.05) is 6.42 Å². The van der Waals surface area contributed by atoms with E-state index in [1.807, 2.05) is 0 Å². The minimum Gasteiger partial charge on any atom is -0.466 e. The molecule has 0 aromatic carbocycles. The highest BCUT2D eigenvalue weighted by molar-refractivity contribution is 5.69. The lowest BCUT2D eigenvalue weighted by Crippen LogP contribution is -2.05. The van der Waals surface area contributed by atoms with Gasteiger partial charge in [0.25, 0.3) is 0 Å². The first kappa shape index (κ1) is 32.5. The molecule has 0 unspecified atom stereocenters. The highest BCUT2D eigenvalue weighted by Gasteiger charge is 2.03. The Morgan fingerprint density at radius 3 is 1.12 bits per heavy atom. The van der Waals surface area contributed by atoms with Crippen molar-refractivity contribution in [3.8, 4) is 0 Å². The van der Waals surface area contributed by atoms with Crippen LogP contribution in [0.15, 0.2) is 0 Å². The summed E-state index contributed by atoms with van der Waals surface area (Å²) in [6, 6.07) is 0. The lowest BCUT2D eigenvalue weighted by Gasteiger charge is -2.06. The molecule has 0 N–H and O–H groups in total. The molecule has 0 aliphatic rings. The Balaban J connectivity index is 3.15. The fourth-order valence-electron chi connectivity index (χ4n) is 4.56. The summed E-state index contributed by atoms with van der Waals surface area (Å²) in [6.07, 6.45) is 30.0. The lowest BCUT2D eigenvalue weighted by atomic mass is 10.0. The minimum atomic E-state index is 0.0202. The Labute approximate surface area is 209 Å². The van der Waals surface area contributed by atoms with Crippen LogP contribution in [-0.2, 0) is 9.53 Å². The number of carbonyl (C=O) groups excluding carboxylic acids is 1. The third-order valence-electron chi connectivity index (χ3n) is 6.85. The molecule has 0 rings (SSSR count). The molecule has 0 radical (unpaired) electrons. The summed E-state index contributed by atoms with van der Waals surface area (Å²) in [5, 5.41) is 0. The van der Waals surface area contributed by atoms with E-state index in [1.54, 1.807) is 0 Å². The van der Waals surface area contributed by atoms with Crippen molar-refractivity contribution in [1.82, 2.24) is 0 Å². The quantitative estimate of drug-likeness (QED) is 0.0935. The van der Waals surface area contributed by atoms with E-state index >= 15 is 0 Å². The third-order valence-corrected chi connectivity index (χ3v) is 6.85. The lowest BCUT2D eigenvalue weighted by molar-refractivity contribution is -0.143. The second-order valence-electron chi connectivity index (χ2n) is 11.4. The number of carbonyl (C=O) groups is 1. The summed E-state index contributed by atoms with van der Waals surface area (Å²) < 4.78 is 5.39. The number of ether oxygens (including phenoxy) is 1. The van der Waals surface area contributed by atoms with Crippen LogP contribution in [-0.4, -0.2) is 12.6 Å². The maximum absolute atomic E-state index is 11.8. The van der Waals surface area contributed by atoms with Crippen LogP contribution in [0.2, 0.25) is 0 Å². The normalized spacial score (nSPS) is 11.6. The molecular formula is C31H62O2. The summed E-state index contributed by atoms with van der Waals surface area (Å²) in [6.45, 7) is 9.89. The van der Waals surface area contributed by atoms with E-state index in [-0.39, 0.29) is 5.97 Å². The van der Waals surface area contributed by atoms with E-state index in [4.69, 9.17) is 4.74 Å². The van der Waals surface area contributed by atoms with Crippen LogP contribution in [0.1, 0.15) is 175 Å². The van der Waals surface area contributed by atoms with Gasteiger partial charge >= 0.3 is 5.97 Å². The fraction of sp³-hybridized carbons (Fsp3) is 0.968. The zero-order valence-corrected chi connectivity index (χ0v) is 23.4. The summed E-state index contributed by atoms with van der Waals surface area (Å²) >= 11 is 0. The van der Waals surface area contributed by atoms with Gasteiger partial charge in [-0.1, -0.05) is 156 Å². The van der Waals surface area contributed by atoms with Gasteiger partial charge in [0.15, 0.2) is 0 Å². The van der Waals surface area contributed by atoms with Crippen LogP contribution in [0.25, 0.3) is 0 Å². The van der Waals surface area contributed by atoms with Crippen LogP contribution in [0.3, 0.4) is 0 Å². The number of hydrogen-bond acceptors (Lipinski definition) is 2. The van der Waals surface area contributed by atoms with Gasteiger partial charge in [0.1, 0.15) is 0 Å². The maximum atomic E-state index is 11.8. The molecule has 0 spiro atoms. The molecule has 2 nitrogen and oxygen atoms in total. The molecule has 0 heterocycles. The van der Waals surface area contributed by atoms with Gasteiger partial charge in [0.2, 0.25) is 0 Å². The van der Waals surface area contributed by atoms with Crippen LogP contribution >= 0.6 is 0 Å².